The van der Waals surface area contributed by atoms with Crippen molar-refractivity contribution in [3.8, 4) is 39.8 Å². The van der Waals surface area contributed by atoms with Crippen LogP contribution in [-0.2, 0) is 7.05 Å². The molecule has 4 aromatic carbocycles. The molecule has 0 bridgehead atoms. The molecule has 8 rings (SSSR count). The first kappa shape index (κ1) is 22.5. The molecule has 4 heterocycles. The number of pyridine rings is 1. The molecule has 6 nitrogen and oxygen atoms in total. The lowest BCUT2D eigenvalue weighted by atomic mass is 10.1. The minimum Gasteiger partial charge on any atom is -0.436 e. The van der Waals surface area contributed by atoms with Gasteiger partial charge in [0.1, 0.15) is 11.3 Å². The second kappa shape index (κ2) is 8.78. The van der Waals surface area contributed by atoms with Crippen molar-refractivity contribution in [1.82, 2.24) is 24.1 Å². The minimum absolute atomic E-state index is 0.607. The number of benzene rings is 4. The van der Waals surface area contributed by atoms with Crippen molar-refractivity contribution in [2.75, 3.05) is 0 Å². The topological polar surface area (TPSA) is 61.7 Å². The molecule has 8 aromatic rings. The van der Waals surface area contributed by atoms with Gasteiger partial charge in [-0.3, -0.25) is 4.98 Å². The summed E-state index contributed by atoms with van der Waals surface area (Å²) >= 11 is 0. The first-order chi connectivity index (χ1) is 19.7. The van der Waals surface area contributed by atoms with Crippen LogP contribution >= 0.6 is 0 Å². The van der Waals surface area contributed by atoms with E-state index in [0.717, 1.165) is 66.8 Å². The van der Waals surface area contributed by atoms with E-state index in [-0.39, 0.29) is 0 Å². The molecular weight excluding hydrogens is 494 g/mol. The van der Waals surface area contributed by atoms with Crippen molar-refractivity contribution in [1.29, 1.82) is 0 Å². The lowest BCUT2D eigenvalue weighted by Gasteiger charge is -2.11. The number of rotatable bonds is 4. The Morgan fingerprint density at radius 3 is 2.40 bits per heavy atom. The van der Waals surface area contributed by atoms with Crippen LogP contribution in [0.2, 0.25) is 0 Å². The Labute approximate surface area is 229 Å². The molecule has 0 fully saturated rings. The Hall–Kier alpha value is -5.49. The molecule has 0 saturated heterocycles. The third-order valence-corrected chi connectivity index (χ3v) is 7.45. The van der Waals surface area contributed by atoms with Gasteiger partial charge in [-0.25, -0.2) is 9.97 Å². The lowest BCUT2D eigenvalue weighted by Crippen LogP contribution is -1.95. The van der Waals surface area contributed by atoms with Gasteiger partial charge in [-0.05, 0) is 66.7 Å². The highest BCUT2D eigenvalue weighted by atomic mass is 16.3. The summed E-state index contributed by atoms with van der Waals surface area (Å²) in [6.07, 6.45) is 5.63. The average Bonchev–Trinajstić information content (AvgIpc) is 3.72. The molecule has 4 aromatic heterocycles. The van der Waals surface area contributed by atoms with Gasteiger partial charge in [-0.2, -0.15) is 0 Å². The van der Waals surface area contributed by atoms with E-state index in [9.17, 15) is 0 Å². The van der Waals surface area contributed by atoms with Crippen molar-refractivity contribution in [2.45, 2.75) is 0 Å². The standard InChI is InChI=1S/C34H23N5O/c1-38-18-17-36-33(38)23-13-15-30-27(20-23)26-14-12-24(34-37-29-10-2-3-11-32(29)40-34)21-31(26)39(30)25-8-6-7-22(19-25)28-9-4-5-16-35-28/h2-21H,1H3. The van der Waals surface area contributed by atoms with Crippen LogP contribution in [0.15, 0.2) is 126 Å². The fraction of sp³-hybridized carbons (Fsp3) is 0.0294. The molecule has 0 unspecified atom stereocenters. The maximum atomic E-state index is 6.14. The van der Waals surface area contributed by atoms with E-state index in [1.807, 2.05) is 72.7 Å². The third-order valence-electron chi connectivity index (χ3n) is 7.45. The first-order valence-electron chi connectivity index (χ1n) is 13.2. The molecule has 40 heavy (non-hydrogen) atoms. The number of fused-ring (bicyclic) bond motifs is 4. The first-order valence-corrected chi connectivity index (χ1v) is 13.2. The summed E-state index contributed by atoms with van der Waals surface area (Å²) in [6, 6.07) is 35.4. The highest BCUT2D eigenvalue weighted by Crippen LogP contribution is 2.37. The Morgan fingerprint density at radius 1 is 0.650 bits per heavy atom. The molecule has 0 aliphatic rings. The van der Waals surface area contributed by atoms with Crippen LogP contribution in [0.3, 0.4) is 0 Å². The van der Waals surface area contributed by atoms with Crippen LogP contribution in [0.4, 0.5) is 0 Å². The van der Waals surface area contributed by atoms with Crippen LogP contribution < -0.4 is 0 Å². The molecule has 0 N–H and O–H groups in total. The zero-order chi connectivity index (χ0) is 26.6. The Morgan fingerprint density at radius 2 is 1.55 bits per heavy atom. The van der Waals surface area contributed by atoms with Crippen molar-refractivity contribution in [2.24, 2.45) is 7.05 Å². The van der Waals surface area contributed by atoms with Crippen molar-refractivity contribution < 1.29 is 4.42 Å². The van der Waals surface area contributed by atoms with Crippen LogP contribution in [-0.4, -0.2) is 24.1 Å². The summed E-state index contributed by atoms with van der Waals surface area (Å²) in [7, 11) is 2.02. The van der Waals surface area contributed by atoms with Gasteiger partial charge in [0.05, 0.1) is 16.7 Å². The van der Waals surface area contributed by atoms with E-state index in [1.54, 1.807) is 0 Å². The second-order valence-electron chi connectivity index (χ2n) is 9.91. The van der Waals surface area contributed by atoms with E-state index < -0.39 is 0 Å². The highest BCUT2D eigenvalue weighted by molar-refractivity contribution is 6.11. The average molecular weight is 518 g/mol. The Bertz CT molecular complexity index is 2150. The summed E-state index contributed by atoms with van der Waals surface area (Å²) in [5.41, 5.74) is 8.87. The largest absolute Gasteiger partial charge is 0.436 e. The smallest absolute Gasteiger partial charge is 0.227 e. The maximum absolute atomic E-state index is 6.14. The van der Waals surface area contributed by atoms with Gasteiger partial charge in [0, 0.05) is 58.8 Å². The molecule has 0 radical (unpaired) electrons. The predicted octanol–water partition coefficient (Wildman–Crippen LogP) is 8.05. The normalized spacial score (nSPS) is 11.6. The van der Waals surface area contributed by atoms with Gasteiger partial charge < -0.3 is 13.6 Å². The lowest BCUT2D eigenvalue weighted by molar-refractivity contribution is 0.620. The van der Waals surface area contributed by atoms with Gasteiger partial charge in [-0.15, -0.1) is 0 Å². The monoisotopic (exact) mass is 517 g/mol. The summed E-state index contributed by atoms with van der Waals surface area (Å²) in [6.45, 7) is 0. The van der Waals surface area contributed by atoms with Gasteiger partial charge in [0.15, 0.2) is 5.58 Å². The van der Waals surface area contributed by atoms with Gasteiger partial charge in [0.25, 0.3) is 0 Å². The highest BCUT2D eigenvalue weighted by Gasteiger charge is 2.17. The van der Waals surface area contributed by atoms with Crippen molar-refractivity contribution in [3.05, 3.63) is 122 Å². The van der Waals surface area contributed by atoms with Crippen LogP contribution in [0, 0.1) is 0 Å². The van der Waals surface area contributed by atoms with Crippen molar-refractivity contribution in [3.63, 3.8) is 0 Å². The SMILES string of the molecule is Cn1ccnc1-c1ccc2c(c1)c1ccc(-c3nc4ccccc4o3)cc1n2-c1cccc(-c2ccccn2)c1. The molecule has 0 spiro atoms. The predicted molar refractivity (Wildman–Crippen MR) is 159 cm³/mol. The molecule has 6 heteroatoms. The van der Waals surface area contributed by atoms with E-state index in [4.69, 9.17) is 9.40 Å². The van der Waals surface area contributed by atoms with E-state index >= 15 is 0 Å². The minimum atomic E-state index is 0.607. The molecule has 0 aliphatic heterocycles. The van der Waals surface area contributed by atoms with Crippen LogP contribution in [0.1, 0.15) is 0 Å². The molecular formula is C34H23N5O. The summed E-state index contributed by atoms with van der Waals surface area (Å²) in [4.78, 5) is 13.9. The summed E-state index contributed by atoms with van der Waals surface area (Å²) in [5, 5.41) is 2.30. The fourth-order valence-corrected chi connectivity index (χ4v) is 5.55. The molecule has 0 atom stereocenters. The van der Waals surface area contributed by atoms with Gasteiger partial charge >= 0.3 is 0 Å². The maximum Gasteiger partial charge on any atom is 0.227 e. The van der Waals surface area contributed by atoms with Crippen LogP contribution in [0.25, 0.3) is 72.7 Å². The van der Waals surface area contributed by atoms with E-state index in [2.05, 4.69) is 75.2 Å². The summed E-state index contributed by atoms with van der Waals surface area (Å²) in [5.74, 6) is 1.54. The number of aromatic nitrogens is 5. The van der Waals surface area contributed by atoms with Crippen LogP contribution in [0.5, 0.6) is 0 Å². The zero-order valence-corrected chi connectivity index (χ0v) is 21.7. The molecule has 190 valence electrons. The number of oxazole rings is 1. The Balaban J connectivity index is 1.39. The number of hydrogen-bond donors (Lipinski definition) is 0. The van der Waals surface area contributed by atoms with Gasteiger partial charge in [0.2, 0.25) is 5.89 Å². The molecule has 0 saturated carbocycles. The number of aryl methyl sites for hydroxylation is 1. The third kappa shape index (κ3) is 3.54. The van der Waals surface area contributed by atoms with E-state index in [0.29, 0.717) is 5.89 Å². The number of para-hydroxylation sites is 2. The molecule has 0 amide bonds. The number of imidazole rings is 1. The Kier molecular flexibility index (Phi) is 4.94. The second-order valence-corrected chi connectivity index (χ2v) is 9.91. The van der Waals surface area contributed by atoms with Gasteiger partial charge in [-0.1, -0.05) is 36.4 Å². The summed E-state index contributed by atoms with van der Waals surface area (Å²) < 4.78 is 10.5. The number of hydrogen-bond acceptors (Lipinski definition) is 4. The molecule has 0 aliphatic carbocycles. The quantitative estimate of drug-likeness (QED) is 0.237. The number of nitrogens with zero attached hydrogens (tertiary/aromatic N) is 5. The zero-order valence-electron chi connectivity index (χ0n) is 21.7. The van der Waals surface area contributed by atoms with E-state index in [1.165, 1.54) is 0 Å². The fourth-order valence-electron chi connectivity index (χ4n) is 5.55. The van der Waals surface area contributed by atoms with Crippen molar-refractivity contribution >= 4 is 32.9 Å².